The summed E-state index contributed by atoms with van der Waals surface area (Å²) in [6.07, 6.45) is 3.88. The smallest absolute Gasteiger partial charge is 0.250 e. The van der Waals surface area contributed by atoms with E-state index in [-0.39, 0.29) is 44.1 Å². The first-order valence-electron chi connectivity index (χ1n) is 16.7. The molecule has 1 aliphatic rings. The Bertz CT molecular complexity index is 1820. The molecule has 5 rings (SSSR count). The van der Waals surface area contributed by atoms with Gasteiger partial charge >= 0.3 is 0 Å². The summed E-state index contributed by atoms with van der Waals surface area (Å²) in [6, 6.07) is 20.0. The molecule has 0 bridgehead atoms. The number of hydrogen-bond donors (Lipinski definition) is 3. The third-order valence-electron chi connectivity index (χ3n) is 8.73. The maximum absolute atomic E-state index is 14.3. The summed E-state index contributed by atoms with van der Waals surface area (Å²) >= 11 is 0. The average Bonchev–Trinajstić information content (AvgIpc) is 3.59. The Morgan fingerprint density at radius 2 is 1.63 bits per heavy atom. The molecule has 0 radical (unpaired) electrons. The van der Waals surface area contributed by atoms with Gasteiger partial charge in [-0.05, 0) is 62.6 Å². The van der Waals surface area contributed by atoms with Crippen LogP contribution in [-0.2, 0) is 25.7 Å². The number of piperidine rings is 1. The van der Waals surface area contributed by atoms with Crippen LogP contribution in [0.4, 0.5) is 10.2 Å². The Kier molecular flexibility index (Phi) is 13.4. The number of rotatable bonds is 14. The number of hydrogen-bond acceptors (Lipinski definition) is 8. The molecule has 2 unspecified atom stereocenters. The summed E-state index contributed by atoms with van der Waals surface area (Å²) < 4.78 is 26.4. The molecule has 12 nitrogen and oxygen atoms in total. The quantitative estimate of drug-likeness (QED) is 0.158. The van der Waals surface area contributed by atoms with E-state index in [1.807, 2.05) is 30.3 Å². The maximum Gasteiger partial charge on any atom is 0.250 e. The Labute approximate surface area is 303 Å². The lowest BCUT2D eigenvalue weighted by Crippen LogP contribution is -2.56. The highest BCUT2D eigenvalue weighted by Crippen LogP contribution is 2.32. The molecule has 4 N–H and O–H groups in total. The molecule has 1 aliphatic heterocycles. The number of likely N-dealkylation sites (tertiary alicyclic amines) is 1. The molecule has 0 saturated carbocycles. The van der Waals surface area contributed by atoms with Gasteiger partial charge in [0, 0.05) is 36.3 Å². The van der Waals surface area contributed by atoms with Crippen molar-refractivity contribution in [1.29, 1.82) is 0 Å². The summed E-state index contributed by atoms with van der Waals surface area (Å²) in [6.45, 7) is 3.83. The third-order valence-corrected chi connectivity index (χ3v) is 8.73. The molecular formula is C39H47FN6O6. The Hall–Kier alpha value is -5.40. The van der Waals surface area contributed by atoms with Crippen molar-refractivity contribution < 1.29 is 33.0 Å². The first kappa shape index (κ1) is 39.4. The number of benzene rings is 3. The molecule has 1 aromatic heterocycles. The Balaban J connectivity index is 0.00000605. The van der Waals surface area contributed by atoms with Gasteiger partial charge in [0.2, 0.25) is 11.8 Å². The summed E-state index contributed by atoms with van der Waals surface area (Å²) in [4.78, 5) is 59.7. The fourth-order valence-corrected chi connectivity index (χ4v) is 5.85. The van der Waals surface area contributed by atoms with Gasteiger partial charge < -0.3 is 35.3 Å². The number of para-hydroxylation sites is 1. The molecule has 0 aliphatic carbocycles. The van der Waals surface area contributed by atoms with Gasteiger partial charge in [0.05, 0.1) is 32.2 Å². The van der Waals surface area contributed by atoms with E-state index in [1.54, 1.807) is 33.7 Å². The van der Waals surface area contributed by atoms with Crippen molar-refractivity contribution in [2.45, 2.75) is 58.3 Å². The van der Waals surface area contributed by atoms with E-state index in [4.69, 9.17) is 15.2 Å². The topological polar surface area (TPSA) is 158 Å². The number of nitrogens with zero attached hydrogens (tertiary/aromatic N) is 3. The van der Waals surface area contributed by atoms with Crippen LogP contribution < -0.4 is 21.1 Å². The number of nitrogens with one attached hydrogen (secondary N) is 2. The van der Waals surface area contributed by atoms with Gasteiger partial charge in [0.1, 0.15) is 23.7 Å². The molecule has 1 fully saturated rings. The molecule has 52 heavy (non-hydrogen) atoms. The van der Waals surface area contributed by atoms with Gasteiger partial charge in [-0.3, -0.25) is 19.2 Å². The number of Topliss-reactive ketones (excluding diaryl/α,β-unsaturated/α-hetero) is 1. The highest BCUT2D eigenvalue weighted by Gasteiger charge is 2.35. The van der Waals surface area contributed by atoms with Crippen molar-refractivity contribution in [3.63, 3.8) is 0 Å². The summed E-state index contributed by atoms with van der Waals surface area (Å²) in [5.41, 5.74) is 6.66. The first-order chi connectivity index (χ1) is 24.4. The number of ketones is 1. The van der Waals surface area contributed by atoms with Gasteiger partial charge in [-0.25, -0.2) is 9.37 Å². The highest BCUT2D eigenvalue weighted by molar-refractivity contribution is 5.99. The molecule has 3 aromatic carbocycles. The molecular weight excluding hydrogens is 667 g/mol. The highest BCUT2D eigenvalue weighted by atomic mass is 19.1. The van der Waals surface area contributed by atoms with Crippen LogP contribution in [0.3, 0.4) is 0 Å². The number of aromatic nitrogens is 2. The first-order valence-corrected chi connectivity index (χ1v) is 16.7. The van der Waals surface area contributed by atoms with Crippen LogP contribution in [0.15, 0.2) is 91.4 Å². The number of methoxy groups -OCH3 is 1. The van der Waals surface area contributed by atoms with Gasteiger partial charge in [0.15, 0.2) is 11.6 Å². The second-order valence-corrected chi connectivity index (χ2v) is 13.1. The molecule has 3 amide bonds. The number of imidazole rings is 1. The molecule has 2 heterocycles. The number of ether oxygens (including phenoxy) is 2. The standard InChI is InChI=1S/C38H43FN6O6.CH4/c1-38(2,40)37(49)42-30(23-51-22-25-9-5-4-6-10-25)35(47)43-32-21-45(24-41-32)33(29-11-7-8-12-31(29)50-3)36(48)44-19-17-27(18-20-44)34(46)26-13-15-28(39)16-14-26;/h4-16,21,24,27,30,33H,17-20,22-23,40H2,1-3H3,(H,42,49)(H,43,47);1H4. The second-order valence-electron chi connectivity index (χ2n) is 13.1. The van der Waals surface area contributed by atoms with Crippen molar-refractivity contribution in [3.05, 3.63) is 114 Å². The van der Waals surface area contributed by atoms with Crippen LogP contribution in [0.1, 0.15) is 61.6 Å². The number of anilines is 1. The van der Waals surface area contributed by atoms with E-state index in [9.17, 15) is 23.6 Å². The van der Waals surface area contributed by atoms with Crippen LogP contribution in [-0.4, -0.2) is 76.3 Å². The fourth-order valence-electron chi connectivity index (χ4n) is 5.85. The number of nitrogens with two attached hydrogens (primary N) is 1. The van der Waals surface area contributed by atoms with Crippen molar-refractivity contribution in [2.24, 2.45) is 11.7 Å². The lowest BCUT2D eigenvalue weighted by atomic mass is 9.88. The van der Waals surface area contributed by atoms with Gasteiger partial charge in [0.25, 0.3) is 5.91 Å². The van der Waals surface area contributed by atoms with Crippen molar-refractivity contribution in [3.8, 4) is 5.75 Å². The zero-order valence-corrected chi connectivity index (χ0v) is 28.9. The lowest BCUT2D eigenvalue weighted by molar-refractivity contribution is -0.134. The van der Waals surface area contributed by atoms with Crippen LogP contribution >= 0.6 is 0 Å². The number of amides is 3. The Morgan fingerprint density at radius 1 is 0.981 bits per heavy atom. The zero-order valence-electron chi connectivity index (χ0n) is 28.9. The third kappa shape index (κ3) is 9.89. The molecule has 1 saturated heterocycles. The van der Waals surface area contributed by atoms with Crippen LogP contribution in [0.5, 0.6) is 5.75 Å². The van der Waals surface area contributed by atoms with Crippen LogP contribution in [0.25, 0.3) is 0 Å². The van der Waals surface area contributed by atoms with E-state index < -0.39 is 35.3 Å². The summed E-state index contributed by atoms with van der Waals surface area (Å²) in [5.74, 6) is -1.52. The van der Waals surface area contributed by atoms with E-state index in [1.165, 1.54) is 57.7 Å². The van der Waals surface area contributed by atoms with Crippen molar-refractivity contribution >= 4 is 29.3 Å². The maximum atomic E-state index is 14.3. The number of halogens is 1. The second kappa shape index (κ2) is 17.7. The minimum atomic E-state index is -1.25. The van der Waals surface area contributed by atoms with Gasteiger partial charge in [-0.15, -0.1) is 0 Å². The minimum Gasteiger partial charge on any atom is -0.496 e. The van der Waals surface area contributed by atoms with Gasteiger partial charge in [-0.1, -0.05) is 56.0 Å². The van der Waals surface area contributed by atoms with E-state index in [0.29, 0.717) is 42.8 Å². The molecule has 276 valence electrons. The van der Waals surface area contributed by atoms with Crippen molar-refractivity contribution in [2.75, 3.05) is 32.1 Å². The molecule has 2 atom stereocenters. The van der Waals surface area contributed by atoms with E-state index >= 15 is 0 Å². The zero-order chi connectivity index (χ0) is 36.5. The summed E-state index contributed by atoms with van der Waals surface area (Å²) in [5, 5.41) is 5.40. The minimum absolute atomic E-state index is 0. The normalized spacial score (nSPS) is 14.4. The molecule has 0 spiro atoms. The monoisotopic (exact) mass is 714 g/mol. The number of carbonyl (C=O) groups is 4. The molecule has 4 aromatic rings. The predicted molar refractivity (Wildman–Crippen MR) is 195 cm³/mol. The lowest BCUT2D eigenvalue weighted by Gasteiger charge is -2.34. The van der Waals surface area contributed by atoms with E-state index in [0.717, 1.165) is 5.56 Å². The SMILES string of the molecule is C.COc1ccccc1C(C(=O)N1CCC(C(=O)c2ccc(F)cc2)CC1)n1cnc(NC(=O)C(COCc2ccccc2)NC(=O)C(C)(C)N)c1. The van der Waals surface area contributed by atoms with Crippen LogP contribution in [0.2, 0.25) is 0 Å². The summed E-state index contributed by atoms with van der Waals surface area (Å²) in [7, 11) is 1.52. The average molecular weight is 715 g/mol. The van der Waals surface area contributed by atoms with Crippen LogP contribution in [0, 0.1) is 11.7 Å². The Morgan fingerprint density at radius 3 is 2.29 bits per heavy atom. The van der Waals surface area contributed by atoms with Crippen molar-refractivity contribution in [1.82, 2.24) is 19.8 Å². The fraction of sp³-hybridized carbons (Fsp3) is 0.359. The largest absolute Gasteiger partial charge is 0.496 e. The number of carbonyl (C=O) groups excluding carboxylic acids is 4. The van der Waals surface area contributed by atoms with E-state index in [2.05, 4.69) is 15.6 Å². The molecule has 13 heteroatoms. The predicted octanol–water partition coefficient (Wildman–Crippen LogP) is 4.76. The van der Waals surface area contributed by atoms with Gasteiger partial charge in [-0.2, -0.15) is 0 Å².